The quantitative estimate of drug-likeness (QED) is 0.500. The molecule has 1 aromatic carbocycles. The SMILES string of the molecule is COc1ccc(/C=C/C(=O)OCc2ccc(S(=O)(=O)N(C)C)o2)cc1OC. The lowest BCUT2D eigenvalue weighted by atomic mass is 10.2. The van der Waals surface area contributed by atoms with Gasteiger partial charge in [-0.2, -0.15) is 0 Å². The van der Waals surface area contributed by atoms with E-state index in [2.05, 4.69) is 0 Å². The molecule has 0 radical (unpaired) electrons. The minimum Gasteiger partial charge on any atom is -0.493 e. The van der Waals surface area contributed by atoms with Crippen molar-refractivity contribution in [1.29, 1.82) is 0 Å². The van der Waals surface area contributed by atoms with Crippen LogP contribution in [0.25, 0.3) is 6.08 Å². The molecule has 0 amide bonds. The summed E-state index contributed by atoms with van der Waals surface area (Å²) in [5, 5.41) is -0.209. The van der Waals surface area contributed by atoms with E-state index >= 15 is 0 Å². The molecule has 0 aliphatic rings. The van der Waals surface area contributed by atoms with E-state index in [1.165, 1.54) is 46.5 Å². The molecule has 0 spiro atoms. The first-order chi connectivity index (χ1) is 12.8. The second-order valence-electron chi connectivity index (χ2n) is 5.56. The molecule has 0 aliphatic heterocycles. The molecule has 8 nitrogen and oxygen atoms in total. The van der Waals surface area contributed by atoms with Crippen LogP contribution >= 0.6 is 0 Å². The Morgan fingerprint density at radius 3 is 2.44 bits per heavy atom. The van der Waals surface area contributed by atoms with Crippen LogP contribution in [0, 0.1) is 0 Å². The van der Waals surface area contributed by atoms with E-state index in [0.717, 1.165) is 9.87 Å². The smallest absolute Gasteiger partial charge is 0.331 e. The van der Waals surface area contributed by atoms with Gasteiger partial charge in [0.1, 0.15) is 12.4 Å². The molecule has 27 heavy (non-hydrogen) atoms. The van der Waals surface area contributed by atoms with Crippen molar-refractivity contribution in [3.63, 3.8) is 0 Å². The summed E-state index contributed by atoms with van der Waals surface area (Å²) < 4.78 is 45.5. The molecule has 0 unspecified atom stereocenters. The average molecular weight is 395 g/mol. The van der Waals surface area contributed by atoms with E-state index in [9.17, 15) is 13.2 Å². The maximum absolute atomic E-state index is 11.9. The zero-order chi connectivity index (χ0) is 20.0. The van der Waals surface area contributed by atoms with Crippen molar-refractivity contribution >= 4 is 22.1 Å². The predicted molar refractivity (Wildman–Crippen MR) is 98.0 cm³/mol. The zero-order valence-corrected chi connectivity index (χ0v) is 16.3. The van der Waals surface area contributed by atoms with E-state index in [4.69, 9.17) is 18.6 Å². The number of methoxy groups -OCH3 is 2. The van der Waals surface area contributed by atoms with Crippen molar-refractivity contribution in [3.05, 3.63) is 47.7 Å². The van der Waals surface area contributed by atoms with E-state index in [1.54, 1.807) is 24.3 Å². The molecule has 0 atom stereocenters. The fourth-order valence-electron chi connectivity index (χ4n) is 2.07. The summed E-state index contributed by atoms with van der Waals surface area (Å²) in [7, 11) is 2.19. The third kappa shape index (κ3) is 5.11. The summed E-state index contributed by atoms with van der Waals surface area (Å²) in [4.78, 5) is 11.8. The molecule has 0 saturated heterocycles. The largest absolute Gasteiger partial charge is 0.493 e. The first-order valence-corrected chi connectivity index (χ1v) is 9.30. The van der Waals surface area contributed by atoms with Gasteiger partial charge in [-0.3, -0.25) is 0 Å². The van der Waals surface area contributed by atoms with Gasteiger partial charge in [0.05, 0.1) is 14.2 Å². The van der Waals surface area contributed by atoms with Crippen LogP contribution in [0.15, 0.2) is 45.9 Å². The number of carbonyl (C=O) groups excluding carboxylic acids is 1. The summed E-state index contributed by atoms with van der Waals surface area (Å²) in [6.07, 6.45) is 2.82. The molecule has 0 N–H and O–H groups in total. The van der Waals surface area contributed by atoms with Crippen LogP contribution in [0.5, 0.6) is 11.5 Å². The van der Waals surface area contributed by atoms with Crippen LogP contribution in [0.1, 0.15) is 11.3 Å². The summed E-state index contributed by atoms with van der Waals surface area (Å²) >= 11 is 0. The summed E-state index contributed by atoms with van der Waals surface area (Å²) in [6.45, 7) is -0.182. The first-order valence-electron chi connectivity index (χ1n) is 7.86. The van der Waals surface area contributed by atoms with Crippen molar-refractivity contribution in [2.75, 3.05) is 28.3 Å². The molecule has 0 saturated carbocycles. The minimum atomic E-state index is -3.66. The van der Waals surface area contributed by atoms with E-state index in [-0.39, 0.29) is 17.5 Å². The molecule has 2 rings (SSSR count). The summed E-state index contributed by atoms with van der Waals surface area (Å²) in [5.41, 5.74) is 0.724. The molecule has 9 heteroatoms. The van der Waals surface area contributed by atoms with Gasteiger partial charge in [0.2, 0.25) is 5.09 Å². The van der Waals surface area contributed by atoms with Gasteiger partial charge in [0, 0.05) is 20.2 Å². The van der Waals surface area contributed by atoms with Crippen molar-refractivity contribution in [2.24, 2.45) is 0 Å². The van der Waals surface area contributed by atoms with Crippen LogP contribution in [0.2, 0.25) is 0 Å². The Labute approximate surface area is 158 Å². The van der Waals surface area contributed by atoms with Gasteiger partial charge in [-0.1, -0.05) is 6.07 Å². The number of carbonyl (C=O) groups is 1. The fourth-order valence-corrected chi connectivity index (χ4v) is 2.88. The lowest BCUT2D eigenvalue weighted by molar-refractivity contribution is -0.139. The first kappa shape index (κ1) is 20.5. The molecule has 146 valence electrons. The van der Waals surface area contributed by atoms with Crippen LogP contribution in [0.4, 0.5) is 0 Å². The standard InChI is InChI=1S/C18H21NO7S/c1-19(2)27(21,22)18-10-7-14(26-18)12-25-17(20)9-6-13-5-8-15(23-3)16(11-13)24-4/h5-11H,12H2,1-4H3/b9-6+. The molecule has 1 aromatic heterocycles. The number of nitrogens with zero attached hydrogens (tertiary/aromatic N) is 1. The number of hydrogen-bond donors (Lipinski definition) is 0. The van der Waals surface area contributed by atoms with E-state index < -0.39 is 16.0 Å². The van der Waals surface area contributed by atoms with Crippen molar-refractivity contribution in [2.45, 2.75) is 11.7 Å². The van der Waals surface area contributed by atoms with Gasteiger partial charge in [0.25, 0.3) is 10.0 Å². The van der Waals surface area contributed by atoms with Gasteiger partial charge in [-0.25, -0.2) is 17.5 Å². The monoisotopic (exact) mass is 395 g/mol. The van der Waals surface area contributed by atoms with Crippen molar-refractivity contribution in [3.8, 4) is 11.5 Å². The highest BCUT2D eigenvalue weighted by Gasteiger charge is 2.21. The topological polar surface area (TPSA) is 95.3 Å². The maximum atomic E-state index is 11.9. The Balaban J connectivity index is 1.97. The Hall–Kier alpha value is -2.78. The van der Waals surface area contributed by atoms with Crippen LogP contribution in [0.3, 0.4) is 0 Å². The summed E-state index contributed by atoms with van der Waals surface area (Å²) in [6, 6.07) is 7.96. The molecule has 0 bridgehead atoms. The fraction of sp³-hybridized carbons (Fsp3) is 0.278. The highest BCUT2D eigenvalue weighted by atomic mass is 32.2. The average Bonchev–Trinajstić information content (AvgIpc) is 3.14. The number of esters is 1. The number of benzene rings is 1. The molecular formula is C18H21NO7S. The lowest BCUT2D eigenvalue weighted by Crippen LogP contribution is -2.21. The maximum Gasteiger partial charge on any atom is 0.331 e. The molecule has 0 aliphatic carbocycles. The normalized spacial score (nSPS) is 11.7. The molecule has 0 fully saturated rings. The summed E-state index contributed by atoms with van der Waals surface area (Å²) in [5.74, 6) is 0.748. The van der Waals surface area contributed by atoms with Crippen LogP contribution in [-0.4, -0.2) is 47.0 Å². The zero-order valence-electron chi connectivity index (χ0n) is 15.5. The van der Waals surface area contributed by atoms with Gasteiger partial charge in [-0.05, 0) is 35.9 Å². The number of rotatable bonds is 8. The van der Waals surface area contributed by atoms with Gasteiger partial charge in [-0.15, -0.1) is 0 Å². The third-order valence-electron chi connectivity index (χ3n) is 3.55. The molecule has 2 aromatic rings. The van der Waals surface area contributed by atoms with E-state index in [1.807, 2.05) is 0 Å². The molecule has 1 heterocycles. The number of furan rings is 1. The second kappa shape index (κ2) is 8.74. The second-order valence-corrected chi connectivity index (χ2v) is 7.65. The van der Waals surface area contributed by atoms with Crippen molar-refractivity contribution < 1.29 is 31.8 Å². The van der Waals surface area contributed by atoms with Crippen molar-refractivity contribution in [1.82, 2.24) is 4.31 Å². The highest BCUT2D eigenvalue weighted by Crippen LogP contribution is 2.28. The molecular weight excluding hydrogens is 374 g/mol. The van der Waals surface area contributed by atoms with Crippen LogP contribution in [-0.2, 0) is 26.2 Å². The third-order valence-corrected chi connectivity index (χ3v) is 5.24. The minimum absolute atomic E-state index is 0.182. The number of hydrogen-bond acceptors (Lipinski definition) is 7. The van der Waals surface area contributed by atoms with Crippen LogP contribution < -0.4 is 9.47 Å². The predicted octanol–water partition coefficient (Wildman–Crippen LogP) is 2.30. The highest BCUT2D eigenvalue weighted by molar-refractivity contribution is 7.88. The Morgan fingerprint density at radius 2 is 1.81 bits per heavy atom. The lowest BCUT2D eigenvalue weighted by Gasteiger charge is -2.08. The Morgan fingerprint density at radius 1 is 1.11 bits per heavy atom. The van der Waals surface area contributed by atoms with Gasteiger partial charge >= 0.3 is 5.97 Å². The van der Waals surface area contributed by atoms with Gasteiger partial charge < -0.3 is 18.6 Å². The number of ether oxygens (including phenoxy) is 3. The van der Waals surface area contributed by atoms with Gasteiger partial charge in [0.15, 0.2) is 11.5 Å². The Bertz CT molecular complexity index is 929. The number of sulfonamides is 1. The van der Waals surface area contributed by atoms with E-state index in [0.29, 0.717) is 11.5 Å². The Kier molecular flexibility index (Phi) is 6.65.